The van der Waals surface area contributed by atoms with Gasteiger partial charge >= 0.3 is 5.97 Å². The van der Waals surface area contributed by atoms with E-state index in [4.69, 9.17) is 9.57 Å². The van der Waals surface area contributed by atoms with Crippen molar-refractivity contribution in [1.82, 2.24) is 9.71 Å². The summed E-state index contributed by atoms with van der Waals surface area (Å²) in [5.74, 6) is -0.471. The lowest BCUT2D eigenvalue weighted by Gasteiger charge is -2.23. The number of para-hydroxylation sites is 1. The van der Waals surface area contributed by atoms with Gasteiger partial charge in [-0.3, -0.25) is 0 Å². The maximum Gasteiger partial charge on any atom is 0.357 e. The molecule has 2 rings (SSSR count). The Morgan fingerprint density at radius 1 is 1.35 bits per heavy atom. The van der Waals surface area contributed by atoms with Gasteiger partial charge in [-0.25, -0.2) is 9.78 Å². The maximum atomic E-state index is 11.5. The Kier molecular flexibility index (Phi) is 6.23. The third-order valence-electron chi connectivity index (χ3n) is 4.26. The molecule has 1 heterocycles. The van der Waals surface area contributed by atoms with Gasteiger partial charge in [-0.2, -0.15) is 9.99 Å². The third kappa shape index (κ3) is 3.64. The number of rotatable bonds is 8. The van der Waals surface area contributed by atoms with Gasteiger partial charge in [-0.15, -0.1) is 0 Å². The molecule has 2 unspecified atom stereocenters. The second-order valence-electron chi connectivity index (χ2n) is 5.86. The van der Waals surface area contributed by atoms with E-state index in [0.717, 1.165) is 0 Å². The van der Waals surface area contributed by atoms with Crippen molar-refractivity contribution in [2.24, 2.45) is 5.92 Å². The number of hydrogen-bond acceptors (Lipinski definition) is 5. The summed E-state index contributed by atoms with van der Waals surface area (Å²) in [6.45, 7) is 5.53. The first kappa shape index (κ1) is 19.3. The van der Waals surface area contributed by atoms with Gasteiger partial charge in [-0.1, -0.05) is 26.0 Å². The Labute approximate surface area is 152 Å². The van der Waals surface area contributed by atoms with E-state index in [9.17, 15) is 15.2 Å². The van der Waals surface area contributed by atoms with E-state index in [1.165, 1.54) is 11.8 Å². The SMILES string of the molecule is CCC(C#N)C(CC)Oc1ccccc1-c1nc(C)c(C(=O)O)n1OC. The van der Waals surface area contributed by atoms with Crippen LogP contribution >= 0.6 is 0 Å². The summed E-state index contributed by atoms with van der Waals surface area (Å²) in [6, 6.07) is 9.50. The fourth-order valence-corrected chi connectivity index (χ4v) is 2.90. The molecule has 2 aromatic rings. The predicted octanol–water partition coefficient (Wildman–Crippen LogP) is 3.32. The van der Waals surface area contributed by atoms with E-state index in [2.05, 4.69) is 11.1 Å². The van der Waals surface area contributed by atoms with Gasteiger partial charge in [0.05, 0.1) is 23.2 Å². The quantitative estimate of drug-likeness (QED) is 0.778. The molecular formula is C19H23N3O4. The molecule has 0 saturated carbocycles. The van der Waals surface area contributed by atoms with Crippen molar-refractivity contribution in [3.63, 3.8) is 0 Å². The van der Waals surface area contributed by atoms with Crippen LogP contribution in [-0.2, 0) is 0 Å². The second-order valence-corrected chi connectivity index (χ2v) is 5.86. The van der Waals surface area contributed by atoms with Crippen LogP contribution in [0.15, 0.2) is 24.3 Å². The van der Waals surface area contributed by atoms with Gasteiger partial charge in [0.25, 0.3) is 0 Å². The van der Waals surface area contributed by atoms with Gasteiger partial charge in [0, 0.05) is 0 Å². The van der Waals surface area contributed by atoms with E-state index in [0.29, 0.717) is 35.7 Å². The molecule has 0 saturated heterocycles. The van der Waals surface area contributed by atoms with Crippen molar-refractivity contribution in [3.8, 4) is 23.2 Å². The standard InChI is InChI=1S/C19H23N3O4/c1-5-13(11-20)15(6-2)26-16-10-8-7-9-14(16)18-21-12(3)17(19(23)24)22(18)25-4/h7-10,13,15H,5-6H2,1-4H3,(H,23,24). The normalized spacial score (nSPS) is 12.9. The van der Waals surface area contributed by atoms with Crippen LogP contribution in [0.3, 0.4) is 0 Å². The number of carboxylic acids is 1. The monoisotopic (exact) mass is 357 g/mol. The zero-order valence-corrected chi connectivity index (χ0v) is 15.4. The largest absolute Gasteiger partial charge is 0.488 e. The molecule has 1 N–H and O–H groups in total. The number of aryl methyl sites for hydroxylation is 1. The van der Waals surface area contributed by atoms with Crippen molar-refractivity contribution in [1.29, 1.82) is 5.26 Å². The lowest BCUT2D eigenvalue weighted by atomic mass is 9.99. The topological polar surface area (TPSA) is 97.4 Å². The molecular weight excluding hydrogens is 334 g/mol. The van der Waals surface area contributed by atoms with E-state index < -0.39 is 5.97 Å². The molecule has 138 valence electrons. The molecule has 0 aliphatic rings. The molecule has 1 aromatic heterocycles. The molecule has 1 aromatic carbocycles. The number of carbonyl (C=O) groups is 1. The third-order valence-corrected chi connectivity index (χ3v) is 4.26. The number of nitriles is 1. The Bertz CT molecular complexity index is 823. The zero-order valence-electron chi connectivity index (χ0n) is 15.4. The highest BCUT2D eigenvalue weighted by Crippen LogP contribution is 2.32. The van der Waals surface area contributed by atoms with Crippen LogP contribution in [0.4, 0.5) is 0 Å². The fourth-order valence-electron chi connectivity index (χ4n) is 2.90. The Balaban J connectivity index is 2.53. The van der Waals surface area contributed by atoms with E-state index in [1.54, 1.807) is 19.1 Å². The van der Waals surface area contributed by atoms with Crippen LogP contribution < -0.4 is 9.57 Å². The minimum absolute atomic E-state index is 0.0344. The van der Waals surface area contributed by atoms with Gasteiger partial charge in [0.1, 0.15) is 19.0 Å². The van der Waals surface area contributed by atoms with Crippen LogP contribution in [0, 0.1) is 24.2 Å². The fraction of sp³-hybridized carbons (Fsp3) is 0.421. The van der Waals surface area contributed by atoms with E-state index in [1.807, 2.05) is 26.0 Å². The van der Waals surface area contributed by atoms with E-state index >= 15 is 0 Å². The zero-order chi connectivity index (χ0) is 19.3. The van der Waals surface area contributed by atoms with Crippen molar-refractivity contribution < 1.29 is 19.5 Å². The average molecular weight is 357 g/mol. The van der Waals surface area contributed by atoms with Crippen molar-refractivity contribution in [3.05, 3.63) is 35.7 Å². The molecule has 0 fully saturated rings. The van der Waals surface area contributed by atoms with Gasteiger partial charge in [0.15, 0.2) is 11.5 Å². The van der Waals surface area contributed by atoms with Crippen LogP contribution in [0.1, 0.15) is 42.9 Å². The van der Waals surface area contributed by atoms with Gasteiger partial charge in [-0.05, 0) is 31.9 Å². The number of hydrogen-bond donors (Lipinski definition) is 1. The summed E-state index contributed by atoms with van der Waals surface area (Å²) < 4.78 is 7.31. The Morgan fingerprint density at radius 2 is 2.04 bits per heavy atom. The molecule has 7 heteroatoms. The number of benzene rings is 1. The summed E-state index contributed by atoms with van der Waals surface area (Å²) in [4.78, 5) is 21.1. The van der Waals surface area contributed by atoms with Crippen LogP contribution in [0.5, 0.6) is 5.75 Å². The molecule has 26 heavy (non-hydrogen) atoms. The summed E-state index contributed by atoms with van der Waals surface area (Å²) in [7, 11) is 1.39. The van der Waals surface area contributed by atoms with Crippen molar-refractivity contribution in [2.45, 2.75) is 39.7 Å². The second kappa shape index (κ2) is 8.39. The number of nitrogens with zero attached hydrogens (tertiary/aromatic N) is 3. The van der Waals surface area contributed by atoms with Gasteiger partial charge < -0.3 is 14.7 Å². The highest BCUT2D eigenvalue weighted by atomic mass is 16.6. The smallest absolute Gasteiger partial charge is 0.357 e. The van der Waals surface area contributed by atoms with Crippen LogP contribution in [-0.4, -0.2) is 34.0 Å². The lowest BCUT2D eigenvalue weighted by molar-refractivity contribution is 0.0640. The lowest BCUT2D eigenvalue weighted by Crippen LogP contribution is -2.25. The average Bonchev–Trinajstić information content (AvgIpc) is 2.98. The van der Waals surface area contributed by atoms with Crippen molar-refractivity contribution in [2.75, 3.05) is 7.11 Å². The number of carboxylic acid groups (broad SMARTS) is 1. The minimum Gasteiger partial charge on any atom is -0.488 e. The first-order valence-electron chi connectivity index (χ1n) is 8.51. The first-order valence-corrected chi connectivity index (χ1v) is 8.51. The minimum atomic E-state index is -1.12. The molecule has 2 atom stereocenters. The molecule has 0 aliphatic heterocycles. The van der Waals surface area contributed by atoms with Gasteiger partial charge in [0.2, 0.25) is 0 Å². The Hall–Kier alpha value is -3.01. The predicted molar refractivity (Wildman–Crippen MR) is 96.0 cm³/mol. The molecule has 0 bridgehead atoms. The summed E-state index contributed by atoms with van der Waals surface area (Å²) >= 11 is 0. The molecule has 0 aliphatic carbocycles. The molecule has 0 radical (unpaired) electrons. The van der Waals surface area contributed by atoms with Crippen LogP contribution in [0.25, 0.3) is 11.4 Å². The molecule has 0 amide bonds. The number of ether oxygens (including phenoxy) is 1. The molecule has 0 spiro atoms. The van der Waals surface area contributed by atoms with E-state index in [-0.39, 0.29) is 17.7 Å². The highest BCUT2D eigenvalue weighted by molar-refractivity contribution is 5.88. The van der Waals surface area contributed by atoms with Crippen LogP contribution in [0.2, 0.25) is 0 Å². The highest BCUT2D eigenvalue weighted by Gasteiger charge is 2.26. The molecule has 7 nitrogen and oxygen atoms in total. The first-order chi connectivity index (χ1) is 12.5. The summed E-state index contributed by atoms with van der Waals surface area (Å²) in [5, 5.41) is 18.8. The maximum absolute atomic E-state index is 11.5. The Morgan fingerprint density at radius 3 is 2.58 bits per heavy atom. The summed E-state index contributed by atoms with van der Waals surface area (Å²) in [5.41, 5.74) is 0.920. The number of aromatic carboxylic acids is 1. The number of imidazole rings is 1. The summed E-state index contributed by atoms with van der Waals surface area (Å²) in [6.07, 6.45) is 1.10. The van der Waals surface area contributed by atoms with Crippen molar-refractivity contribution >= 4 is 5.97 Å². The number of aromatic nitrogens is 2.